The zero-order valence-electron chi connectivity index (χ0n) is 15.4. The zero-order valence-corrected chi connectivity index (χ0v) is 16.1. The summed E-state index contributed by atoms with van der Waals surface area (Å²) in [4.78, 5) is 16.0. The summed E-state index contributed by atoms with van der Waals surface area (Å²) in [6, 6.07) is 13.6. The lowest BCUT2D eigenvalue weighted by Crippen LogP contribution is -2.05. The molecule has 0 spiro atoms. The minimum atomic E-state index is 0.0701. The second-order valence-corrected chi connectivity index (χ2v) is 6.93. The fourth-order valence-corrected chi connectivity index (χ4v) is 3.58. The van der Waals surface area contributed by atoms with Gasteiger partial charge in [0.2, 0.25) is 0 Å². The van der Waals surface area contributed by atoms with E-state index in [1.54, 1.807) is 6.92 Å². The molecule has 0 bridgehead atoms. The summed E-state index contributed by atoms with van der Waals surface area (Å²) in [5, 5.41) is 10.1. The molecule has 142 valence electrons. The normalized spacial score (nSPS) is 11.1. The molecule has 0 fully saturated rings. The van der Waals surface area contributed by atoms with Gasteiger partial charge in [-0.2, -0.15) is 0 Å². The number of benzene rings is 2. The second kappa shape index (κ2) is 8.57. The van der Waals surface area contributed by atoms with Gasteiger partial charge in [0.05, 0.1) is 5.52 Å². The van der Waals surface area contributed by atoms with Crippen molar-refractivity contribution in [3.05, 3.63) is 64.3 Å². The summed E-state index contributed by atoms with van der Waals surface area (Å²) in [5.41, 5.74) is 4.05. The van der Waals surface area contributed by atoms with Crippen molar-refractivity contribution in [3.8, 4) is 5.75 Å². The van der Waals surface area contributed by atoms with Crippen molar-refractivity contribution < 1.29 is 19.7 Å². The highest BCUT2D eigenvalue weighted by atomic mass is 35.5. The Hall–Kier alpha value is -2.34. The summed E-state index contributed by atoms with van der Waals surface area (Å²) in [5.74, 6) is 0.766. The van der Waals surface area contributed by atoms with Crippen LogP contribution in [0.25, 0.3) is 10.9 Å². The van der Waals surface area contributed by atoms with Crippen LogP contribution < -0.4 is 4.74 Å². The minimum Gasteiger partial charge on any atom is -0.490 e. The van der Waals surface area contributed by atoms with E-state index in [1.807, 2.05) is 49.4 Å². The van der Waals surface area contributed by atoms with Gasteiger partial charge in [-0.3, -0.25) is 10.1 Å². The Morgan fingerprint density at radius 2 is 1.96 bits per heavy atom. The van der Waals surface area contributed by atoms with Crippen molar-refractivity contribution in [2.45, 2.75) is 26.8 Å². The Morgan fingerprint density at radius 1 is 1.19 bits per heavy atom. The number of ketones is 1. The Kier molecular flexibility index (Phi) is 6.16. The standard InChI is InChI=1S/C21H22ClNO4/c1-14(24)11-18-15(2)23(13-16-5-3-6-17(22)12-16)19-7-4-8-20(21(18)19)26-9-10-27-25/h3-8,12,25H,9-11,13H2,1-2H3. The third-order valence-corrected chi connectivity index (χ3v) is 4.76. The molecule has 0 saturated carbocycles. The van der Waals surface area contributed by atoms with Crippen molar-refractivity contribution in [1.29, 1.82) is 0 Å². The third-order valence-electron chi connectivity index (χ3n) is 4.53. The van der Waals surface area contributed by atoms with Crippen LogP contribution in [-0.2, 0) is 22.6 Å². The van der Waals surface area contributed by atoms with Gasteiger partial charge in [-0.15, -0.1) is 0 Å². The summed E-state index contributed by atoms with van der Waals surface area (Å²) in [6.07, 6.45) is 0.335. The number of Topliss-reactive ketones (excluding diaryl/α,β-unsaturated/α-hetero) is 1. The smallest absolute Gasteiger partial charge is 0.134 e. The first-order valence-electron chi connectivity index (χ1n) is 8.75. The lowest BCUT2D eigenvalue weighted by Gasteiger charge is -2.10. The molecule has 0 amide bonds. The Balaban J connectivity index is 2.11. The number of nitrogens with zero attached hydrogens (tertiary/aromatic N) is 1. The summed E-state index contributed by atoms with van der Waals surface area (Å²) in [7, 11) is 0. The molecule has 0 aliphatic carbocycles. The first-order chi connectivity index (χ1) is 13.0. The molecule has 1 aromatic heterocycles. The van der Waals surface area contributed by atoms with Gasteiger partial charge in [-0.1, -0.05) is 29.8 Å². The number of halogens is 1. The highest BCUT2D eigenvalue weighted by Gasteiger charge is 2.19. The second-order valence-electron chi connectivity index (χ2n) is 6.49. The lowest BCUT2D eigenvalue weighted by atomic mass is 10.1. The number of ether oxygens (including phenoxy) is 1. The SMILES string of the molecule is CC(=O)Cc1c(C)n(Cc2cccc(Cl)c2)c2cccc(OCCOO)c12. The molecule has 0 atom stereocenters. The molecule has 27 heavy (non-hydrogen) atoms. The van der Waals surface area contributed by atoms with Crippen LogP contribution in [0.1, 0.15) is 23.7 Å². The van der Waals surface area contributed by atoms with E-state index in [2.05, 4.69) is 9.45 Å². The summed E-state index contributed by atoms with van der Waals surface area (Å²) >= 11 is 6.13. The Morgan fingerprint density at radius 3 is 2.67 bits per heavy atom. The molecule has 6 heteroatoms. The third kappa shape index (κ3) is 4.33. The van der Waals surface area contributed by atoms with Gasteiger partial charge in [0.25, 0.3) is 0 Å². The van der Waals surface area contributed by atoms with Crippen LogP contribution in [0.2, 0.25) is 5.02 Å². The number of fused-ring (bicyclic) bond motifs is 1. The Labute approximate surface area is 163 Å². The summed E-state index contributed by atoms with van der Waals surface area (Å²) < 4.78 is 7.96. The van der Waals surface area contributed by atoms with Gasteiger partial charge >= 0.3 is 0 Å². The van der Waals surface area contributed by atoms with E-state index in [0.717, 1.165) is 27.7 Å². The van der Waals surface area contributed by atoms with Crippen LogP contribution in [-0.4, -0.2) is 28.8 Å². The highest BCUT2D eigenvalue weighted by molar-refractivity contribution is 6.30. The maximum atomic E-state index is 11.9. The fourth-order valence-electron chi connectivity index (χ4n) is 3.37. The van der Waals surface area contributed by atoms with Crippen molar-refractivity contribution in [2.75, 3.05) is 13.2 Å². The van der Waals surface area contributed by atoms with E-state index in [4.69, 9.17) is 21.6 Å². The maximum absolute atomic E-state index is 11.9. The molecule has 3 rings (SSSR count). The van der Waals surface area contributed by atoms with Crippen molar-refractivity contribution in [1.82, 2.24) is 4.57 Å². The van der Waals surface area contributed by atoms with E-state index in [1.165, 1.54) is 0 Å². The molecule has 0 saturated heterocycles. The number of carbonyl (C=O) groups excluding carboxylic acids is 1. The molecule has 0 aliphatic rings. The van der Waals surface area contributed by atoms with Crippen LogP contribution in [0.3, 0.4) is 0 Å². The van der Waals surface area contributed by atoms with Crippen LogP contribution in [0.5, 0.6) is 5.75 Å². The van der Waals surface area contributed by atoms with E-state index in [0.29, 0.717) is 23.7 Å². The van der Waals surface area contributed by atoms with E-state index < -0.39 is 0 Å². The largest absolute Gasteiger partial charge is 0.490 e. The van der Waals surface area contributed by atoms with E-state index in [9.17, 15) is 4.79 Å². The predicted octanol–water partition coefficient (Wildman–Crippen LogP) is 4.65. The molecule has 0 unspecified atom stereocenters. The van der Waals surface area contributed by atoms with Gasteiger partial charge in [0.1, 0.15) is 24.7 Å². The van der Waals surface area contributed by atoms with Gasteiger partial charge in [0, 0.05) is 29.1 Å². The first-order valence-corrected chi connectivity index (χ1v) is 9.12. The number of aromatic nitrogens is 1. The molecule has 1 heterocycles. The molecule has 5 nitrogen and oxygen atoms in total. The molecular formula is C21H22ClNO4. The quantitative estimate of drug-likeness (QED) is 0.347. The van der Waals surface area contributed by atoms with Crippen LogP contribution in [0.4, 0.5) is 0 Å². The average molecular weight is 388 g/mol. The monoisotopic (exact) mass is 387 g/mol. The molecule has 1 N–H and O–H groups in total. The average Bonchev–Trinajstić information content (AvgIpc) is 2.88. The molecule has 2 aromatic carbocycles. The van der Waals surface area contributed by atoms with Gasteiger partial charge in [0.15, 0.2) is 0 Å². The van der Waals surface area contributed by atoms with Crippen molar-refractivity contribution >= 4 is 28.3 Å². The summed E-state index contributed by atoms with van der Waals surface area (Å²) in [6.45, 7) is 4.53. The number of carbonyl (C=O) groups is 1. The lowest BCUT2D eigenvalue weighted by molar-refractivity contribution is -0.245. The molecule has 0 radical (unpaired) electrons. The topological polar surface area (TPSA) is 60.7 Å². The van der Waals surface area contributed by atoms with Crippen molar-refractivity contribution in [2.24, 2.45) is 0 Å². The molecular weight excluding hydrogens is 366 g/mol. The fraction of sp³-hybridized carbons (Fsp3) is 0.286. The first kappa shape index (κ1) is 19.4. The predicted molar refractivity (Wildman–Crippen MR) is 106 cm³/mol. The number of hydrogen-bond acceptors (Lipinski definition) is 4. The molecule has 0 aliphatic heterocycles. The van der Waals surface area contributed by atoms with Crippen molar-refractivity contribution in [3.63, 3.8) is 0 Å². The Bertz CT molecular complexity index is 964. The zero-order chi connectivity index (χ0) is 19.4. The van der Waals surface area contributed by atoms with Gasteiger partial charge in [-0.05, 0) is 49.2 Å². The van der Waals surface area contributed by atoms with Gasteiger partial charge in [-0.25, -0.2) is 4.89 Å². The highest BCUT2D eigenvalue weighted by Crippen LogP contribution is 2.34. The maximum Gasteiger partial charge on any atom is 0.134 e. The van der Waals surface area contributed by atoms with Crippen LogP contribution in [0.15, 0.2) is 42.5 Å². The number of rotatable bonds is 8. The van der Waals surface area contributed by atoms with Crippen LogP contribution >= 0.6 is 11.6 Å². The van der Waals surface area contributed by atoms with E-state index in [-0.39, 0.29) is 19.0 Å². The van der Waals surface area contributed by atoms with Gasteiger partial charge < -0.3 is 9.30 Å². The molecule has 3 aromatic rings. The number of hydrogen-bond donors (Lipinski definition) is 1. The van der Waals surface area contributed by atoms with Crippen LogP contribution in [0, 0.1) is 6.92 Å². The van der Waals surface area contributed by atoms with E-state index >= 15 is 0 Å². The minimum absolute atomic E-state index is 0.0701.